The fraction of sp³-hybridized carbons (Fsp3) is 0.741. The van der Waals surface area contributed by atoms with Gasteiger partial charge in [-0.1, -0.05) is 103 Å². The standard InChI is InChI=1S/C27H46N2O3/c1-3-4-5-6-7-8-9-10-11-12-13-14-15-16-18-21-27(31)32-25(2)28-26(30)24-29-22-19-17-20-23-29/h17,19-20,22-23,25H,3-16,18,21,24H2,1-2H3/p+1. The van der Waals surface area contributed by atoms with Crippen molar-refractivity contribution in [2.75, 3.05) is 0 Å². The van der Waals surface area contributed by atoms with E-state index in [1.807, 2.05) is 30.6 Å². The van der Waals surface area contributed by atoms with Gasteiger partial charge in [-0.05, 0) is 13.3 Å². The first-order valence-corrected chi connectivity index (χ1v) is 13.0. The number of hydrogen-bond donors (Lipinski definition) is 1. The second-order valence-electron chi connectivity index (χ2n) is 8.95. The van der Waals surface area contributed by atoms with Crippen LogP contribution in [0, 0.1) is 0 Å². The topological polar surface area (TPSA) is 59.3 Å². The molecule has 0 spiro atoms. The van der Waals surface area contributed by atoms with Crippen LogP contribution in [0.4, 0.5) is 0 Å². The van der Waals surface area contributed by atoms with E-state index < -0.39 is 6.23 Å². The second kappa shape index (κ2) is 19.8. The van der Waals surface area contributed by atoms with Crippen molar-refractivity contribution in [1.82, 2.24) is 5.32 Å². The van der Waals surface area contributed by atoms with Gasteiger partial charge in [-0.3, -0.25) is 9.59 Å². The molecule has 1 amide bonds. The molecule has 1 N–H and O–H groups in total. The first-order chi connectivity index (χ1) is 15.6. The Kier molecular flexibility index (Phi) is 17.4. The van der Waals surface area contributed by atoms with E-state index in [2.05, 4.69) is 12.2 Å². The van der Waals surface area contributed by atoms with Crippen LogP contribution in [-0.4, -0.2) is 18.1 Å². The van der Waals surface area contributed by atoms with Crippen LogP contribution in [-0.2, 0) is 20.9 Å². The Bertz CT molecular complexity index is 592. The molecule has 1 heterocycles. The number of hydrogen-bond acceptors (Lipinski definition) is 3. The molecule has 32 heavy (non-hydrogen) atoms. The van der Waals surface area contributed by atoms with Crippen molar-refractivity contribution in [1.29, 1.82) is 0 Å². The zero-order valence-corrected chi connectivity index (χ0v) is 20.7. The average Bonchev–Trinajstić information content (AvgIpc) is 2.76. The van der Waals surface area contributed by atoms with E-state index in [9.17, 15) is 9.59 Å². The molecular formula is C27H47N2O3+. The van der Waals surface area contributed by atoms with Gasteiger partial charge in [-0.2, -0.15) is 4.57 Å². The monoisotopic (exact) mass is 447 g/mol. The molecule has 0 aliphatic carbocycles. The minimum atomic E-state index is -0.601. The van der Waals surface area contributed by atoms with Gasteiger partial charge in [0.1, 0.15) is 0 Å². The summed E-state index contributed by atoms with van der Waals surface area (Å²) in [4.78, 5) is 23.9. The third kappa shape index (κ3) is 16.7. The third-order valence-electron chi connectivity index (χ3n) is 5.76. The van der Waals surface area contributed by atoms with Crippen LogP contribution in [0.1, 0.15) is 117 Å². The molecule has 0 bridgehead atoms. The van der Waals surface area contributed by atoms with Crippen LogP contribution in [0.2, 0.25) is 0 Å². The lowest BCUT2D eigenvalue weighted by Crippen LogP contribution is -2.45. The maximum absolute atomic E-state index is 12.0. The van der Waals surface area contributed by atoms with Crippen molar-refractivity contribution in [3.8, 4) is 0 Å². The highest BCUT2D eigenvalue weighted by molar-refractivity contribution is 5.75. The highest BCUT2D eigenvalue weighted by Gasteiger charge is 2.14. The van der Waals surface area contributed by atoms with E-state index >= 15 is 0 Å². The number of carbonyl (C=O) groups is 2. The molecular weight excluding hydrogens is 400 g/mol. The molecule has 182 valence electrons. The Labute approximate surface area is 196 Å². The molecule has 0 saturated carbocycles. The number of amides is 1. The Morgan fingerprint density at radius 3 is 1.72 bits per heavy atom. The molecule has 0 radical (unpaired) electrons. The van der Waals surface area contributed by atoms with Crippen LogP contribution in [0.3, 0.4) is 0 Å². The molecule has 0 saturated heterocycles. The predicted octanol–water partition coefficient (Wildman–Crippen LogP) is 6.24. The smallest absolute Gasteiger partial charge is 0.307 e. The zero-order chi connectivity index (χ0) is 23.3. The van der Waals surface area contributed by atoms with Crippen LogP contribution < -0.4 is 9.88 Å². The number of ether oxygens (including phenoxy) is 1. The summed E-state index contributed by atoms with van der Waals surface area (Å²) in [6, 6.07) is 5.64. The number of unbranched alkanes of at least 4 members (excludes halogenated alkanes) is 14. The van der Waals surface area contributed by atoms with Gasteiger partial charge in [-0.25, -0.2) is 0 Å². The maximum Gasteiger partial charge on any atom is 0.307 e. The predicted molar refractivity (Wildman–Crippen MR) is 130 cm³/mol. The summed E-state index contributed by atoms with van der Waals surface area (Å²) < 4.78 is 7.07. The highest BCUT2D eigenvalue weighted by Crippen LogP contribution is 2.13. The summed E-state index contributed by atoms with van der Waals surface area (Å²) in [5, 5.41) is 2.71. The van der Waals surface area contributed by atoms with E-state index in [0.29, 0.717) is 6.42 Å². The number of aromatic nitrogens is 1. The second-order valence-corrected chi connectivity index (χ2v) is 8.95. The lowest BCUT2D eigenvalue weighted by atomic mass is 10.0. The van der Waals surface area contributed by atoms with E-state index in [0.717, 1.165) is 12.8 Å². The van der Waals surface area contributed by atoms with E-state index in [1.165, 1.54) is 83.5 Å². The first kappa shape index (κ1) is 28.1. The Morgan fingerprint density at radius 1 is 0.750 bits per heavy atom. The molecule has 1 atom stereocenters. The van der Waals surface area contributed by atoms with Crippen molar-refractivity contribution in [3.63, 3.8) is 0 Å². The maximum atomic E-state index is 12.0. The van der Waals surface area contributed by atoms with Crippen LogP contribution in [0.15, 0.2) is 30.6 Å². The van der Waals surface area contributed by atoms with Gasteiger partial charge in [0.2, 0.25) is 6.54 Å². The first-order valence-electron chi connectivity index (χ1n) is 13.0. The molecule has 0 aliphatic rings. The molecule has 0 aromatic carbocycles. The number of pyridine rings is 1. The normalized spacial score (nSPS) is 11.8. The van der Waals surface area contributed by atoms with E-state index in [4.69, 9.17) is 4.74 Å². The number of carbonyl (C=O) groups excluding carboxylic acids is 2. The summed E-state index contributed by atoms with van der Waals surface area (Å²) in [5.74, 6) is -0.409. The quantitative estimate of drug-likeness (QED) is 0.111. The molecule has 5 nitrogen and oxygen atoms in total. The van der Waals surface area contributed by atoms with Crippen molar-refractivity contribution in [2.45, 2.75) is 129 Å². The number of rotatable bonds is 20. The minimum Gasteiger partial charge on any atom is -0.442 e. The molecule has 1 aromatic heterocycles. The van der Waals surface area contributed by atoms with Crippen LogP contribution >= 0.6 is 0 Å². The molecule has 1 rings (SSSR count). The minimum absolute atomic E-state index is 0.173. The summed E-state index contributed by atoms with van der Waals surface area (Å²) in [5.41, 5.74) is 0. The van der Waals surface area contributed by atoms with Crippen molar-refractivity contribution >= 4 is 11.9 Å². The van der Waals surface area contributed by atoms with Gasteiger partial charge < -0.3 is 10.1 Å². The van der Waals surface area contributed by atoms with Gasteiger partial charge in [0.25, 0.3) is 5.91 Å². The number of esters is 1. The third-order valence-corrected chi connectivity index (χ3v) is 5.76. The van der Waals surface area contributed by atoms with E-state index in [1.54, 1.807) is 11.5 Å². The molecule has 5 heteroatoms. The van der Waals surface area contributed by atoms with E-state index in [-0.39, 0.29) is 18.4 Å². The van der Waals surface area contributed by atoms with Gasteiger partial charge in [0.05, 0.1) is 0 Å². The highest BCUT2D eigenvalue weighted by atomic mass is 16.6. The Balaban J connectivity index is 1.88. The molecule has 1 unspecified atom stereocenters. The number of nitrogens with one attached hydrogen (secondary N) is 1. The van der Waals surface area contributed by atoms with Crippen molar-refractivity contribution in [2.24, 2.45) is 0 Å². The Morgan fingerprint density at radius 2 is 1.22 bits per heavy atom. The molecule has 0 fully saturated rings. The number of nitrogens with zero attached hydrogens (tertiary/aromatic N) is 1. The SMILES string of the molecule is CCCCCCCCCCCCCCCCCC(=O)OC(C)NC(=O)C[n+]1ccccc1. The van der Waals surface area contributed by atoms with Crippen molar-refractivity contribution in [3.05, 3.63) is 30.6 Å². The van der Waals surface area contributed by atoms with Crippen LogP contribution in [0.5, 0.6) is 0 Å². The van der Waals surface area contributed by atoms with Gasteiger partial charge in [0.15, 0.2) is 18.6 Å². The lowest BCUT2D eigenvalue weighted by molar-refractivity contribution is -0.684. The van der Waals surface area contributed by atoms with Gasteiger partial charge in [0, 0.05) is 18.6 Å². The summed E-state index contributed by atoms with van der Waals surface area (Å²) in [7, 11) is 0. The zero-order valence-electron chi connectivity index (χ0n) is 20.7. The van der Waals surface area contributed by atoms with Gasteiger partial charge in [-0.15, -0.1) is 0 Å². The molecule has 1 aromatic rings. The molecule has 0 aliphatic heterocycles. The summed E-state index contributed by atoms with van der Waals surface area (Å²) in [6.07, 6.45) is 23.0. The average molecular weight is 448 g/mol. The lowest BCUT2D eigenvalue weighted by Gasteiger charge is -2.14. The fourth-order valence-corrected chi connectivity index (χ4v) is 3.90. The Hall–Kier alpha value is -1.91. The van der Waals surface area contributed by atoms with Gasteiger partial charge >= 0.3 is 5.97 Å². The largest absolute Gasteiger partial charge is 0.442 e. The van der Waals surface area contributed by atoms with Crippen molar-refractivity contribution < 1.29 is 18.9 Å². The summed E-state index contributed by atoms with van der Waals surface area (Å²) >= 11 is 0. The fourth-order valence-electron chi connectivity index (χ4n) is 3.90. The summed E-state index contributed by atoms with van der Waals surface area (Å²) in [6.45, 7) is 4.17. The van der Waals surface area contributed by atoms with Crippen LogP contribution in [0.25, 0.3) is 0 Å².